The summed E-state index contributed by atoms with van der Waals surface area (Å²) in [5, 5.41) is 0. The Hall–Kier alpha value is -1.92. The summed E-state index contributed by atoms with van der Waals surface area (Å²) in [6, 6.07) is 11.3. The van der Waals surface area contributed by atoms with Crippen LogP contribution < -0.4 is 4.74 Å². The third-order valence-electron chi connectivity index (χ3n) is 5.97. The molecule has 31 heavy (non-hydrogen) atoms. The van der Waals surface area contributed by atoms with E-state index in [4.69, 9.17) is 9.73 Å². The third-order valence-corrected chi connectivity index (χ3v) is 6.47. The molecule has 0 atom stereocenters. The van der Waals surface area contributed by atoms with Crippen molar-refractivity contribution in [1.29, 1.82) is 0 Å². The molecule has 0 N–H and O–H groups in total. The summed E-state index contributed by atoms with van der Waals surface area (Å²) < 4.78 is 21.4. The van der Waals surface area contributed by atoms with E-state index in [-0.39, 0.29) is 5.82 Å². The minimum absolute atomic E-state index is 0.163. The molecule has 168 valence electrons. The van der Waals surface area contributed by atoms with Crippen LogP contribution in [0, 0.1) is 5.82 Å². The minimum atomic E-state index is -0.163. The fourth-order valence-electron chi connectivity index (χ4n) is 4.21. The smallest absolute Gasteiger partial charge is 0.131 e. The van der Waals surface area contributed by atoms with E-state index >= 15 is 0 Å². The predicted molar refractivity (Wildman–Crippen MR) is 130 cm³/mol. The second kappa shape index (κ2) is 11.6. The molecule has 0 saturated heterocycles. The molecule has 6 heteroatoms. The molecule has 0 radical (unpaired) electrons. The standard InChI is InChI=1S/C25H33BrFN3O/c1-4-29(5-2)15-7-16-30-17-14-28-25(30)22-8-6-9-23(27)21(22)12-10-19-18-20(26)11-13-24(19)31-3/h6,8-9,11,13,18H,4-5,7,10,12,14-17H2,1-3H3. The van der Waals surface area contributed by atoms with E-state index in [1.807, 2.05) is 24.3 Å². The molecule has 2 aromatic carbocycles. The highest BCUT2D eigenvalue weighted by atomic mass is 79.9. The van der Waals surface area contributed by atoms with Crippen molar-refractivity contribution in [3.05, 3.63) is 63.4 Å². The Morgan fingerprint density at radius 3 is 2.71 bits per heavy atom. The maximum atomic E-state index is 14.9. The van der Waals surface area contributed by atoms with Gasteiger partial charge in [0.1, 0.15) is 17.4 Å². The van der Waals surface area contributed by atoms with Gasteiger partial charge in [-0.2, -0.15) is 0 Å². The Labute approximate surface area is 194 Å². The molecule has 0 fully saturated rings. The molecule has 0 amide bonds. The maximum absolute atomic E-state index is 14.9. The first-order valence-electron chi connectivity index (χ1n) is 11.2. The Bertz CT molecular complexity index is 898. The molecule has 0 unspecified atom stereocenters. The average molecular weight is 490 g/mol. The quantitative estimate of drug-likeness (QED) is 0.435. The van der Waals surface area contributed by atoms with Crippen LogP contribution in [0.4, 0.5) is 4.39 Å². The van der Waals surface area contributed by atoms with E-state index in [0.29, 0.717) is 12.8 Å². The Morgan fingerprint density at radius 1 is 1.16 bits per heavy atom. The van der Waals surface area contributed by atoms with Gasteiger partial charge < -0.3 is 14.5 Å². The molecule has 0 aliphatic carbocycles. The number of aliphatic imine (C=N–C) groups is 1. The molecule has 1 aliphatic heterocycles. The molecule has 3 rings (SSSR count). The molecule has 2 aromatic rings. The van der Waals surface area contributed by atoms with E-state index in [0.717, 1.165) is 78.4 Å². The van der Waals surface area contributed by atoms with E-state index < -0.39 is 0 Å². The zero-order valence-electron chi connectivity index (χ0n) is 18.8. The lowest BCUT2D eigenvalue weighted by atomic mass is 9.97. The lowest BCUT2D eigenvalue weighted by Crippen LogP contribution is -2.33. The second-order valence-electron chi connectivity index (χ2n) is 7.79. The van der Waals surface area contributed by atoms with Crippen molar-refractivity contribution in [3.8, 4) is 5.75 Å². The van der Waals surface area contributed by atoms with Crippen molar-refractivity contribution < 1.29 is 9.13 Å². The monoisotopic (exact) mass is 489 g/mol. The Kier molecular flexibility index (Phi) is 8.90. The third kappa shape index (κ3) is 6.07. The summed E-state index contributed by atoms with van der Waals surface area (Å²) in [4.78, 5) is 9.52. The first-order chi connectivity index (χ1) is 15.1. The first kappa shape index (κ1) is 23.7. The van der Waals surface area contributed by atoms with Crippen molar-refractivity contribution in [2.75, 3.05) is 46.4 Å². The van der Waals surface area contributed by atoms with E-state index in [1.54, 1.807) is 19.2 Å². The van der Waals surface area contributed by atoms with Crippen LogP contribution >= 0.6 is 15.9 Å². The first-order valence-corrected chi connectivity index (χ1v) is 12.0. The molecular formula is C25H33BrFN3O. The van der Waals surface area contributed by atoms with Gasteiger partial charge >= 0.3 is 0 Å². The number of methoxy groups -OCH3 is 1. The van der Waals surface area contributed by atoms with Crippen LogP contribution in [0.1, 0.15) is 37.0 Å². The Balaban J connectivity index is 1.75. The summed E-state index contributed by atoms with van der Waals surface area (Å²) in [7, 11) is 1.67. The highest BCUT2D eigenvalue weighted by molar-refractivity contribution is 9.10. The van der Waals surface area contributed by atoms with Gasteiger partial charge in [0.2, 0.25) is 0 Å². The van der Waals surface area contributed by atoms with Crippen LogP contribution in [0.2, 0.25) is 0 Å². The van der Waals surface area contributed by atoms with E-state index in [2.05, 4.69) is 39.6 Å². The van der Waals surface area contributed by atoms with Crippen LogP contribution in [-0.4, -0.2) is 62.0 Å². The Morgan fingerprint density at radius 2 is 1.97 bits per heavy atom. The number of benzene rings is 2. The zero-order valence-corrected chi connectivity index (χ0v) is 20.4. The number of halogens is 2. The number of ether oxygens (including phenoxy) is 1. The van der Waals surface area contributed by atoms with Crippen molar-refractivity contribution in [1.82, 2.24) is 9.80 Å². The predicted octanol–water partition coefficient (Wildman–Crippen LogP) is 5.18. The lowest BCUT2D eigenvalue weighted by molar-refractivity contribution is 0.285. The molecule has 0 aromatic heterocycles. The molecule has 1 heterocycles. The number of aryl methyl sites for hydroxylation is 1. The molecule has 1 aliphatic rings. The fraction of sp³-hybridized carbons (Fsp3) is 0.480. The lowest BCUT2D eigenvalue weighted by Gasteiger charge is -2.24. The second-order valence-corrected chi connectivity index (χ2v) is 8.71. The number of rotatable bonds is 11. The summed E-state index contributed by atoms with van der Waals surface area (Å²) in [5.41, 5.74) is 2.73. The van der Waals surface area contributed by atoms with Crippen molar-refractivity contribution in [3.63, 3.8) is 0 Å². The van der Waals surface area contributed by atoms with Gasteiger partial charge in [-0.15, -0.1) is 0 Å². The number of hydrogen-bond donors (Lipinski definition) is 0. The van der Waals surface area contributed by atoms with Gasteiger partial charge in [-0.1, -0.05) is 41.9 Å². The summed E-state index contributed by atoms with van der Waals surface area (Å²) in [5.74, 6) is 1.61. The molecule has 4 nitrogen and oxygen atoms in total. The van der Waals surface area contributed by atoms with Crippen LogP contribution in [0.3, 0.4) is 0 Å². The summed E-state index contributed by atoms with van der Waals surface area (Å²) >= 11 is 3.53. The highest BCUT2D eigenvalue weighted by Gasteiger charge is 2.22. The number of amidine groups is 1. The van der Waals surface area contributed by atoms with Gasteiger partial charge in [0.25, 0.3) is 0 Å². The van der Waals surface area contributed by atoms with Gasteiger partial charge in [-0.05, 0) is 74.3 Å². The van der Waals surface area contributed by atoms with Gasteiger partial charge in [-0.25, -0.2) is 4.39 Å². The van der Waals surface area contributed by atoms with E-state index in [9.17, 15) is 4.39 Å². The number of hydrogen-bond acceptors (Lipinski definition) is 4. The highest BCUT2D eigenvalue weighted by Crippen LogP contribution is 2.26. The van der Waals surface area contributed by atoms with Gasteiger partial charge in [0, 0.05) is 23.1 Å². The number of nitrogens with zero attached hydrogens (tertiary/aromatic N) is 3. The van der Waals surface area contributed by atoms with Crippen LogP contribution in [0.5, 0.6) is 5.75 Å². The fourth-order valence-corrected chi connectivity index (χ4v) is 4.61. The summed E-state index contributed by atoms with van der Waals surface area (Å²) in [6.45, 7) is 10.3. The zero-order chi connectivity index (χ0) is 22.2. The molecule has 0 spiro atoms. The largest absolute Gasteiger partial charge is 0.496 e. The van der Waals surface area contributed by atoms with E-state index in [1.165, 1.54) is 0 Å². The minimum Gasteiger partial charge on any atom is -0.496 e. The van der Waals surface area contributed by atoms with Gasteiger partial charge in [0.15, 0.2) is 0 Å². The summed E-state index contributed by atoms with van der Waals surface area (Å²) in [6.07, 6.45) is 2.38. The molecular weight excluding hydrogens is 457 g/mol. The van der Waals surface area contributed by atoms with Crippen molar-refractivity contribution in [2.24, 2.45) is 4.99 Å². The maximum Gasteiger partial charge on any atom is 0.131 e. The van der Waals surface area contributed by atoms with Crippen molar-refractivity contribution >= 4 is 21.8 Å². The normalized spacial score (nSPS) is 13.7. The van der Waals surface area contributed by atoms with Crippen LogP contribution in [-0.2, 0) is 12.8 Å². The molecule has 0 saturated carbocycles. The molecule has 0 bridgehead atoms. The van der Waals surface area contributed by atoms with Crippen LogP contribution in [0.25, 0.3) is 0 Å². The van der Waals surface area contributed by atoms with Gasteiger partial charge in [-0.3, -0.25) is 4.99 Å². The topological polar surface area (TPSA) is 28.1 Å². The average Bonchev–Trinajstić information content (AvgIpc) is 3.24. The van der Waals surface area contributed by atoms with Crippen LogP contribution in [0.15, 0.2) is 45.9 Å². The van der Waals surface area contributed by atoms with Gasteiger partial charge in [0.05, 0.1) is 13.7 Å². The van der Waals surface area contributed by atoms with Crippen molar-refractivity contribution in [2.45, 2.75) is 33.1 Å². The SMILES string of the molecule is CCN(CC)CCCN1CCN=C1c1cccc(F)c1CCc1cc(Br)ccc1OC.